The van der Waals surface area contributed by atoms with Crippen molar-refractivity contribution in [1.82, 2.24) is 9.38 Å². The number of hydrogen-bond acceptors (Lipinski definition) is 3. The number of benzene rings is 2. The molecule has 0 aliphatic carbocycles. The molecule has 2 aromatic carbocycles. The molecule has 2 aromatic heterocycles. The topological polar surface area (TPSA) is 55.6 Å². The van der Waals surface area contributed by atoms with Crippen molar-refractivity contribution in [3.63, 3.8) is 0 Å². The van der Waals surface area contributed by atoms with Crippen LogP contribution >= 0.6 is 11.6 Å². The minimum atomic E-state index is -0.205. The molecule has 0 fully saturated rings. The molecule has 29 heavy (non-hydrogen) atoms. The van der Waals surface area contributed by atoms with Crippen molar-refractivity contribution in [2.24, 2.45) is 0 Å². The molecule has 0 aliphatic rings. The lowest BCUT2D eigenvalue weighted by atomic mass is 10.1. The number of ether oxygens (including phenoxy) is 1. The van der Waals surface area contributed by atoms with Gasteiger partial charge >= 0.3 is 0 Å². The monoisotopic (exact) mass is 405 g/mol. The zero-order chi connectivity index (χ0) is 20.4. The lowest BCUT2D eigenvalue weighted by molar-refractivity contribution is 0.102. The molecule has 2 heterocycles. The summed E-state index contributed by atoms with van der Waals surface area (Å²) in [4.78, 5) is 17.2. The zero-order valence-corrected chi connectivity index (χ0v) is 16.9. The fraction of sp³-hybridized carbons (Fsp3) is 0.130. The number of imidazole rings is 1. The SMILES string of the molecule is Cc1ccc2nc(COc3cccc(C(=O)Nc4ccc(Cl)cc4C)c3)cn2c1. The summed E-state index contributed by atoms with van der Waals surface area (Å²) in [5.74, 6) is 0.405. The smallest absolute Gasteiger partial charge is 0.255 e. The van der Waals surface area contributed by atoms with E-state index in [9.17, 15) is 4.79 Å². The summed E-state index contributed by atoms with van der Waals surface area (Å²) in [6.07, 6.45) is 3.97. The Bertz CT molecular complexity index is 1200. The second-order valence-corrected chi connectivity index (χ2v) is 7.37. The summed E-state index contributed by atoms with van der Waals surface area (Å²) in [5, 5.41) is 3.55. The summed E-state index contributed by atoms with van der Waals surface area (Å²) in [7, 11) is 0. The third-order valence-electron chi connectivity index (χ3n) is 4.57. The highest BCUT2D eigenvalue weighted by molar-refractivity contribution is 6.30. The average Bonchev–Trinajstić information content (AvgIpc) is 3.10. The average molecular weight is 406 g/mol. The molecule has 146 valence electrons. The molecule has 0 aliphatic heterocycles. The molecule has 1 N–H and O–H groups in total. The first-order chi connectivity index (χ1) is 14.0. The Labute approximate surface area is 173 Å². The van der Waals surface area contributed by atoms with E-state index >= 15 is 0 Å². The van der Waals surface area contributed by atoms with Gasteiger partial charge in [0.1, 0.15) is 18.0 Å². The molecule has 0 bridgehead atoms. The van der Waals surface area contributed by atoms with Gasteiger partial charge in [-0.15, -0.1) is 0 Å². The van der Waals surface area contributed by atoms with E-state index < -0.39 is 0 Å². The number of nitrogens with one attached hydrogen (secondary N) is 1. The fourth-order valence-corrected chi connectivity index (χ4v) is 3.30. The van der Waals surface area contributed by atoms with Gasteiger partial charge in [0.05, 0.1) is 5.69 Å². The van der Waals surface area contributed by atoms with Crippen LogP contribution in [-0.4, -0.2) is 15.3 Å². The Morgan fingerprint density at radius 2 is 1.97 bits per heavy atom. The zero-order valence-electron chi connectivity index (χ0n) is 16.1. The minimum Gasteiger partial charge on any atom is -0.487 e. The maximum Gasteiger partial charge on any atom is 0.255 e. The number of rotatable bonds is 5. The van der Waals surface area contributed by atoms with Gasteiger partial charge in [-0.05, 0) is 67.4 Å². The second kappa shape index (κ2) is 7.97. The quantitative estimate of drug-likeness (QED) is 0.481. The lowest BCUT2D eigenvalue weighted by Crippen LogP contribution is -2.12. The maximum absolute atomic E-state index is 12.6. The van der Waals surface area contributed by atoms with Crippen molar-refractivity contribution in [2.45, 2.75) is 20.5 Å². The van der Waals surface area contributed by atoms with Crippen molar-refractivity contribution in [3.8, 4) is 5.75 Å². The minimum absolute atomic E-state index is 0.205. The molecule has 5 nitrogen and oxygen atoms in total. The Morgan fingerprint density at radius 1 is 1.10 bits per heavy atom. The molecular weight excluding hydrogens is 386 g/mol. The molecule has 0 unspecified atom stereocenters. The standard InChI is InChI=1S/C23H20ClN3O2/c1-15-6-9-22-25-19(13-27(22)12-15)14-29-20-5-3-4-17(11-20)23(28)26-21-8-7-18(24)10-16(21)2/h3-13H,14H2,1-2H3,(H,26,28). The third-order valence-corrected chi connectivity index (χ3v) is 4.80. The van der Waals surface area contributed by atoms with Crippen molar-refractivity contribution < 1.29 is 9.53 Å². The van der Waals surface area contributed by atoms with Crippen LogP contribution in [0.3, 0.4) is 0 Å². The second-order valence-electron chi connectivity index (χ2n) is 6.93. The Balaban J connectivity index is 1.45. The summed E-state index contributed by atoms with van der Waals surface area (Å²) in [6, 6.07) is 16.5. The van der Waals surface area contributed by atoms with Gasteiger partial charge < -0.3 is 14.5 Å². The summed E-state index contributed by atoms with van der Waals surface area (Å²) >= 11 is 5.97. The largest absolute Gasteiger partial charge is 0.487 e. The van der Waals surface area contributed by atoms with E-state index in [1.54, 1.807) is 30.3 Å². The third kappa shape index (κ3) is 4.41. The predicted octanol–water partition coefficient (Wildman–Crippen LogP) is 5.44. The number of pyridine rings is 1. The molecule has 1 amide bonds. The van der Waals surface area contributed by atoms with Gasteiger partial charge in [0.25, 0.3) is 5.91 Å². The number of aryl methyl sites for hydroxylation is 2. The van der Waals surface area contributed by atoms with Crippen LogP contribution in [-0.2, 0) is 6.61 Å². The van der Waals surface area contributed by atoms with Gasteiger partial charge in [-0.2, -0.15) is 0 Å². The molecule has 0 radical (unpaired) electrons. The Morgan fingerprint density at radius 3 is 2.79 bits per heavy atom. The number of nitrogens with zero attached hydrogens (tertiary/aromatic N) is 2. The van der Waals surface area contributed by atoms with Crippen molar-refractivity contribution >= 4 is 28.8 Å². The fourth-order valence-electron chi connectivity index (χ4n) is 3.07. The maximum atomic E-state index is 12.6. The highest BCUT2D eigenvalue weighted by atomic mass is 35.5. The van der Waals surface area contributed by atoms with Gasteiger partial charge in [-0.1, -0.05) is 23.7 Å². The Hall–Kier alpha value is -3.31. The molecule has 0 atom stereocenters. The molecule has 4 aromatic rings. The van der Waals surface area contributed by atoms with Crippen molar-refractivity contribution in [2.75, 3.05) is 5.32 Å². The number of carbonyl (C=O) groups excluding carboxylic acids is 1. The lowest BCUT2D eigenvalue weighted by Gasteiger charge is -2.10. The van der Waals surface area contributed by atoms with E-state index in [-0.39, 0.29) is 5.91 Å². The van der Waals surface area contributed by atoms with E-state index in [4.69, 9.17) is 16.3 Å². The Kier molecular flexibility index (Phi) is 5.23. The van der Waals surface area contributed by atoms with Crippen LogP contribution in [0.2, 0.25) is 5.02 Å². The number of anilines is 1. The number of amides is 1. The number of fused-ring (bicyclic) bond motifs is 1. The summed E-state index contributed by atoms with van der Waals surface area (Å²) < 4.78 is 7.84. The first-order valence-electron chi connectivity index (χ1n) is 9.22. The van der Waals surface area contributed by atoms with Crippen LogP contribution < -0.4 is 10.1 Å². The van der Waals surface area contributed by atoms with E-state index in [1.165, 1.54) is 0 Å². The number of aromatic nitrogens is 2. The van der Waals surface area contributed by atoms with Gasteiger partial charge in [-0.3, -0.25) is 4.79 Å². The van der Waals surface area contributed by atoms with E-state index in [2.05, 4.69) is 10.3 Å². The van der Waals surface area contributed by atoms with Crippen molar-refractivity contribution in [1.29, 1.82) is 0 Å². The van der Waals surface area contributed by atoms with Crippen LogP contribution in [0.5, 0.6) is 5.75 Å². The van der Waals surface area contributed by atoms with Crippen LogP contribution in [0, 0.1) is 13.8 Å². The first-order valence-corrected chi connectivity index (χ1v) is 9.60. The molecular formula is C23H20ClN3O2. The highest BCUT2D eigenvalue weighted by Crippen LogP contribution is 2.21. The van der Waals surface area contributed by atoms with Crippen LogP contribution in [0.4, 0.5) is 5.69 Å². The first kappa shape index (κ1) is 19.0. The van der Waals surface area contributed by atoms with Crippen LogP contribution in [0.15, 0.2) is 67.0 Å². The normalized spacial score (nSPS) is 10.9. The molecule has 4 rings (SSSR count). The van der Waals surface area contributed by atoms with Crippen LogP contribution in [0.25, 0.3) is 5.65 Å². The van der Waals surface area contributed by atoms with E-state index in [0.29, 0.717) is 22.9 Å². The molecule has 6 heteroatoms. The van der Waals surface area contributed by atoms with Gasteiger partial charge in [0.2, 0.25) is 0 Å². The molecule has 0 spiro atoms. The van der Waals surface area contributed by atoms with E-state index in [1.807, 2.05) is 54.9 Å². The predicted molar refractivity (Wildman–Crippen MR) is 115 cm³/mol. The van der Waals surface area contributed by atoms with Gasteiger partial charge in [0.15, 0.2) is 0 Å². The molecule has 0 saturated carbocycles. The van der Waals surface area contributed by atoms with E-state index in [0.717, 1.165) is 28.2 Å². The summed E-state index contributed by atoms with van der Waals surface area (Å²) in [5.41, 5.74) is 5.01. The highest BCUT2D eigenvalue weighted by Gasteiger charge is 2.10. The van der Waals surface area contributed by atoms with Crippen molar-refractivity contribution in [3.05, 3.63) is 94.4 Å². The molecule has 0 saturated heterocycles. The van der Waals surface area contributed by atoms with Gasteiger partial charge in [0, 0.05) is 28.7 Å². The number of hydrogen-bond donors (Lipinski definition) is 1. The number of halogens is 1. The summed E-state index contributed by atoms with van der Waals surface area (Å²) in [6.45, 7) is 4.26. The number of carbonyl (C=O) groups is 1. The van der Waals surface area contributed by atoms with Crippen LogP contribution in [0.1, 0.15) is 27.2 Å². The van der Waals surface area contributed by atoms with Gasteiger partial charge in [-0.25, -0.2) is 4.98 Å².